The summed E-state index contributed by atoms with van der Waals surface area (Å²) in [6.45, 7) is 3.21. The second-order valence-electron chi connectivity index (χ2n) is 10.3. The van der Waals surface area contributed by atoms with Crippen molar-refractivity contribution in [1.82, 2.24) is 24.8 Å². The van der Waals surface area contributed by atoms with E-state index in [1.54, 1.807) is 4.90 Å². The predicted molar refractivity (Wildman–Crippen MR) is 136 cm³/mol. The number of anilines is 2. The number of pyridine rings is 1. The summed E-state index contributed by atoms with van der Waals surface area (Å²) in [5.41, 5.74) is -1.94. The number of nitrogens with one attached hydrogen (secondary N) is 1. The third-order valence-electron chi connectivity index (χ3n) is 7.38. The van der Waals surface area contributed by atoms with E-state index in [1.807, 2.05) is 6.92 Å². The molecule has 0 bridgehead atoms. The zero-order chi connectivity index (χ0) is 30.4. The molecule has 0 spiro atoms. The lowest BCUT2D eigenvalue weighted by atomic mass is 9.96. The number of halogens is 6. The van der Waals surface area contributed by atoms with Crippen LogP contribution in [-0.2, 0) is 25.4 Å². The Morgan fingerprint density at radius 2 is 1.69 bits per heavy atom. The molecule has 222 valence electrons. The number of carbonyl (C=O) groups excluding carboxylic acids is 1. The molecule has 0 radical (unpaired) electrons. The number of hydrogen-bond acceptors (Lipinski definition) is 7. The van der Waals surface area contributed by atoms with Gasteiger partial charge < -0.3 is 15.3 Å². The highest BCUT2D eigenvalue weighted by molar-refractivity contribution is 5.96. The minimum absolute atomic E-state index is 0.0524. The first-order valence-electron chi connectivity index (χ1n) is 12.8. The molecule has 0 aliphatic carbocycles. The van der Waals surface area contributed by atoms with Gasteiger partial charge in [-0.25, -0.2) is 19.7 Å². The van der Waals surface area contributed by atoms with Crippen LogP contribution in [0.2, 0.25) is 0 Å². The molecule has 1 fully saturated rings. The Kier molecular flexibility index (Phi) is 7.55. The van der Waals surface area contributed by atoms with Crippen LogP contribution >= 0.6 is 0 Å². The summed E-state index contributed by atoms with van der Waals surface area (Å²) in [5, 5.41) is 11.6. The molecule has 1 saturated heterocycles. The topological polar surface area (TPSA) is 112 Å². The van der Waals surface area contributed by atoms with Gasteiger partial charge >= 0.3 is 18.3 Å². The van der Waals surface area contributed by atoms with Crippen LogP contribution in [0.15, 0.2) is 42.7 Å². The van der Waals surface area contributed by atoms with E-state index in [-0.39, 0.29) is 41.3 Å². The number of piperidine rings is 1. The van der Waals surface area contributed by atoms with Crippen molar-refractivity contribution < 1.29 is 41.0 Å². The van der Waals surface area contributed by atoms with Crippen molar-refractivity contribution in [3.63, 3.8) is 0 Å². The third-order valence-corrected chi connectivity index (χ3v) is 7.38. The molecule has 1 aromatic carbocycles. The largest absolute Gasteiger partial charge is 0.477 e. The lowest BCUT2D eigenvalue weighted by Crippen LogP contribution is -2.50. The number of fused-ring (bicyclic) bond motifs is 1. The number of alkyl halides is 6. The quantitative estimate of drug-likeness (QED) is 0.380. The van der Waals surface area contributed by atoms with Gasteiger partial charge in [-0.05, 0) is 50.1 Å². The molecule has 2 aromatic heterocycles. The van der Waals surface area contributed by atoms with Crippen LogP contribution in [0.25, 0.3) is 0 Å². The number of carboxylic acid groups (broad SMARTS) is 1. The Morgan fingerprint density at radius 3 is 2.31 bits per heavy atom. The molecule has 4 heterocycles. The van der Waals surface area contributed by atoms with E-state index in [1.165, 1.54) is 24.5 Å². The van der Waals surface area contributed by atoms with E-state index < -0.39 is 35.1 Å². The number of aromatic carboxylic acids is 1. The first-order chi connectivity index (χ1) is 19.7. The Labute approximate surface area is 235 Å². The maximum absolute atomic E-state index is 13.2. The normalized spacial score (nSPS) is 19.5. The smallest absolute Gasteiger partial charge is 0.416 e. The first-order valence-corrected chi connectivity index (χ1v) is 12.8. The van der Waals surface area contributed by atoms with Crippen molar-refractivity contribution in [2.75, 3.05) is 11.9 Å². The van der Waals surface area contributed by atoms with E-state index in [4.69, 9.17) is 5.11 Å². The van der Waals surface area contributed by atoms with E-state index in [9.17, 15) is 35.9 Å². The Balaban J connectivity index is 1.26. The number of rotatable bonds is 5. The molecule has 1 amide bonds. The summed E-state index contributed by atoms with van der Waals surface area (Å²) in [7, 11) is 0. The van der Waals surface area contributed by atoms with Gasteiger partial charge in [0.05, 0.1) is 16.8 Å². The van der Waals surface area contributed by atoms with Gasteiger partial charge in [-0.15, -0.1) is 0 Å². The molecule has 9 nitrogen and oxygen atoms in total. The monoisotopic (exact) mass is 594 g/mol. The minimum atomic E-state index is -4.98. The van der Waals surface area contributed by atoms with Crippen LogP contribution < -0.4 is 5.32 Å². The second-order valence-corrected chi connectivity index (χ2v) is 10.3. The highest BCUT2D eigenvalue weighted by Crippen LogP contribution is 2.38. The highest BCUT2D eigenvalue weighted by atomic mass is 19.4. The van der Waals surface area contributed by atoms with Crippen molar-refractivity contribution >= 4 is 23.5 Å². The van der Waals surface area contributed by atoms with E-state index in [0.717, 1.165) is 5.56 Å². The van der Waals surface area contributed by atoms with Crippen molar-refractivity contribution in [2.45, 2.75) is 57.3 Å². The van der Waals surface area contributed by atoms with E-state index >= 15 is 0 Å². The predicted octanol–water partition coefficient (Wildman–Crippen LogP) is 5.36. The van der Waals surface area contributed by atoms with Gasteiger partial charge in [-0.3, -0.25) is 9.69 Å². The number of amides is 1. The van der Waals surface area contributed by atoms with Gasteiger partial charge in [0.25, 0.3) is 5.91 Å². The first kappa shape index (κ1) is 29.2. The number of carbonyl (C=O) groups is 2. The zero-order valence-electron chi connectivity index (χ0n) is 22.0. The Hall–Kier alpha value is -4.27. The number of nitrogens with zero attached hydrogens (tertiary/aromatic N) is 5. The fourth-order valence-corrected chi connectivity index (χ4v) is 5.28. The molecule has 0 saturated carbocycles. The van der Waals surface area contributed by atoms with Crippen molar-refractivity contribution in [3.8, 4) is 0 Å². The third kappa shape index (κ3) is 6.15. The average molecular weight is 595 g/mol. The van der Waals surface area contributed by atoms with Gasteiger partial charge in [0.2, 0.25) is 5.95 Å². The van der Waals surface area contributed by atoms with Crippen LogP contribution in [0.5, 0.6) is 0 Å². The van der Waals surface area contributed by atoms with Crippen molar-refractivity contribution in [3.05, 3.63) is 76.4 Å². The maximum Gasteiger partial charge on any atom is 0.416 e. The van der Waals surface area contributed by atoms with E-state index in [2.05, 4.69) is 25.2 Å². The van der Waals surface area contributed by atoms with Crippen molar-refractivity contribution in [2.24, 2.45) is 0 Å². The molecule has 42 heavy (non-hydrogen) atoms. The average Bonchev–Trinajstić information content (AvgIpc) is 3.35. The van der Waals surface area contributed by atoms with Crippen LogP contribution in [0, 0.1) is 0 Å². The molecule has 0 unspecified atom stereocenters. The summed E-state index contributed by atoms with van der Waals surface area (Å²) in [5.74, 6) is -1.65. The van der Waals surface area contributed by atoms with Crippen molar-refractivity contribution in [1.29, 1.82) is 0 Å². The minimum Gasteiger partial charge on any atom is -0.477 e. The summed E-state index contributed by atoms with van der Waals surface area (Å²) in [4.78, 5) is 40.3. The SMILES string of the molecule is C[C@@H]1C[C@H](N2Cc3cnc(Nc4cc(C(F)(F)F)cc(C(F)(F)F)c4)nc3C2)CCN1C(=O)c1ccnc(C(=O)O)c1. The number of hydrogen-bond donors (Lipinski definition) is 2. The number of likely N-dealkylation sites (tertiary alicyclic amines) is 1. The molecule has 2 atom stereocenters. The summed E-state index contributed by atoms with van der Waals surface area (Å²) in [6.07, 6.45) is -5.93. The number of aromatic nitrogens is 3. The van der Waals surface area contributed by atoms with Gasteiger partial charge in [-0.2, -0.15) is 26.3 Å². The molecule has 5 rings (SSSR count). The second kappa shape index (κ2) is 10.9. The number of carboxylic acids is 1. The Bertz CT molecular complexity index is 1500. The summed E-state index contributed by atoms with van der Waals surface area (Å²) < 4.78 is 79.3. The molecule has 15 heteroatoms. The maximum atomic E-state index is 13.2. The molecule has 2 aliphatic rings. The fourth-order valence-electron chi connectivity index (χ4n) is 5.28. The molecular weight excluding hydrogens is 570 g/mol. The standard InChI is InChI=1S/C27H24F6N6O3/c1-14-6-20(3-5-39(14)23(40)15-2-4-34-21(7-15)24(41)42)38-12-16-11-35-25(37-22(16)13-38)36-19-9-17(26(28,29)30)8-18(10-19)27(31,32)33/h2,4,7-11,14,20H,3,5-6,12-13H2,1H3,(H,41,42)(H,35,36,37)/t14-,20-/m1/s1. The number of benzene rings is 1. The summed E-state index contributed by atoms with van der Waals surface area (Å²) in [6, 6.07) is 3.82. The lowest BCUT2D eigenvalue weighted by molar-refractivity contribution is -0.143. The van der Waals surface area contributed by atoms with Gasteiger partial charge in [0, 0.05) is 60.9 Å². The molecular formula is C27H24F6N6O3. The van der Waals surface area contributed by atoms with Gasteiger partial charge in [0.15, 0.2) is 0 Å². The van der Waals surface area contributed by atoms with Crippen LogP contribution in [0.4, 0.5) is 38.0 Å². The van der Waals surface area contributed by atoms with Gasteiger partial charge in [0.1, 0.15) is 5.69 Å². The Morgan fingerprint density at radius 1 is 1.00 bits per heavy atom. The molecule has 2 aliphatic heterocycles. The van der Waals surface area contributed by atoms with Crippen LogP contribution in [0.1, 0.15) is 63.0 Å². The molecule has 3 aromatic rings. The lowest BCUT2D eigenvalue weighted by Gasteiger charge is -2.41. The molecule has 2 N–H and O–H groups in total. The fraction of sp³-hybridized carbons (Fsp3) is 0.370. The van der Waals surface area contributed by atoms with Crippen LogP contribution in [-0.4, -0.2) is 60.4 Å². The zero-order valence-corrected chi connectivity index (χ0v) is 22.0. The highest BCUT2D eigenvalue weighted by Gasteiger charge is 2.38. The van der Waals surface area contributed by atoms with E-state index in [0.29, 0.717) is 50.3 Å². The summed E-state index contributed by atoms with van der Waals surface area (Å²) >= 11 is 0. The van der Waals surface area contributed by atoms with Gasteiger partial charge in [-0.1, -0.05) is 0 Å². The van der Waals surface area contributed by atoms with Crippen LogP contribution in [0.3, 0.4) is 0 Å².